The van der Waals surface area contributed by atoms with Gasteiger partial charge in [0.15, 0.2) is 0 Å². The Morgan fingerprint density at radius 2 is 2.18 bits per heavy atom. The molecule has 2 atom stereocenters. The minimum Gasteiger partial charge on any atom is -0.376 e. The maximum atomic E-state index is 5.79. The average Bonchev–Trinajstić information content (AvgIpc) is 2.78. The third kappa shape index (κ3) is 3.54. The van der Waals surface area contributed by atoms with Gasteiger partial charge in [-0.3, -0.25) is 0 Å². The Labute approximate surface area is 104 Å². The first kappa shape index (κ1) is 14.2. The minimum atomic E-state index is 0.168. The van der Waals surface area contributed by atoms with Crippen LogP contribution in [0.4, 0.5) is 0 Å². The van der Waals surface area contributed by atoms with Crippen molar-refractivity contribution in [3.05, 3.63) is 18.2 Å². The van der Waals surface area contributed by atoms with Crippen LogP contribution in [0.1, 0.15) is 45.5 Å². The first-order valence-corrected chi connectivity index (χ1v) is 6.58. The van der Waals surface area contributed by atoms with E-state index in [-0.39, 0.29) is 12.1 Å². The number of ether oxygens (including phenoxy) is 1. The van der Waals surface area contributed by atoms with Crippen LogP contribution in [-0.4, -0.2) is 29.3 Å². The number of nitrogens with zero attached hydrogens (tertiary/aromatic N) is 2. The quantitative estimate of drug-likeness (QED) is 0.757. The molecule has 0 bridgehead atoms. The van der Waals surface area contributed by atoms with Crippen LogP contribution in [0.2, 0.25) is 0 Å². The smallest absolute Gasteiger partial charge is 0.128 e. The normalized spacial score (nSPS) is 14.8. The van der Waals surface area contributed by atoms with Crippen LogP contribution < -0.4 is 5.32 Å². The van der Waals surface area contributed by atoms with Gasteiger partial charge in [0, 0.05) is 25.5 Å². The topological polar surface area (TPSA) is 39.1 Å². The zero-order chi connectivity index (χ0) is 12.7. The summed E-state index contributed by atoms with van der Waals surface area (Å²) in [5.74, 6) is 1.08. The highest BCUT2D eigenvalue weighted by Crippen LogP contribution is 2.20. The molecular formula is C13H25N3O. The van der Waals surface area contributed by atoms with Crippen LogP contribution in [0, 0.1) is 0 Å². The van der Waals surface area contributed by atoms with Gasteiger partial charge in [0.1, 0.15) is 5.82 Å². The molecular weight excluding hydrogens is 214 g/mol. The number of likely N-dealkylation sites (N-methyl/N-ethyl adjacent to an activating group) is 1. The van der Waals surface area contributed by atoms with Crippen LogP contribution in [0.15, 0.2) is 12.4 Å². The Hall–Kier alpha value is -0.870. The standard InChI is InChI=1S/C13H25N3O/c1-5-9-16-10-8-15-13(16)12(14-4)11(6-2)17-7-3/h8,10-12,14H,5-7,9H2,1-4H3. The van der Waals surface area contributed by atoms with Gasteiger partial charge in [0.2, 0.25) is 0 Å². The number of imidazole rings is 1. The molecule has 1 aromatic rings. The molecule has 0 aliphatic heterocycles. The summed E-state index contributed by atoms with van der Waals surface area (Å²) in [7, 11) is 1.97. The average molecular weight is 239 g/mol. The van der Waals surface area contributed by atoms with Crippen molar-refractivity contribution in [2.24, 2.45) is 0 Å². The van der Waals surface area contributed by atoms with Gasteiger partial charge in [-0.25, -0.2) is 4.98 Å². The Kier molecular flexibility index (Phi) is 6.22. The van der Waals surface area contributed by atoms with E-state index in [9.17, 15) is 0 Å². The number of hydrogen-bond donors (Lipinski definition) is 1. The lowest BCUT2D eigenvalue weighted by atomic mass is 10.1. The first-order chi connectivity index (χ1) is 8.28. The second kappa shape index (κ2) is 7.45. The largest absolute Gasteiger partial charge is 0.376 e. The first-order valence-electron chi connectivity index (χ1n) is 6.58. The van der Waals surface area contributed by atoms with E-state index < -0.39 is 0 Å². The second-order valence-corrected chi connectivity index (χ2v) is 4.15. The number of rotatable bonds is 8. The molecule has 0 spiro atoms. The van der Waals surface area contributed by atoms with Crippen molar-refractivity contribution in [3.8, 4) is 0 Å². The molecule has 1 heterocycles. The predicted octanol–water partition coefficient (Wildman–Crippen LogP) is 2.37. The van der Waals surface area contributed by atoms with Crippen LogP contribution in [-0.2, 0) is 11.3 Å². The Morgan fingerprint density at radius 3 is 2.71 bits per heavy atom. The van der Waals surface area contributed by atoms with Crippen LogP contribution >= 0.6 is 0 Å². The van der Waals surface area contributed by atoms with Gasteiger partial charge in [0.05, 0.1) is 12.1 Å². The molecule has 0 fully saturated rings. The van der Waals surface area contributed by atoms with Gasteiger partial charge in [0.25, 0.3) is 0 Å². The molecule has 0 saturated carbocycles. The molecule has 0 amide bonds. The van der Waals surface area contributed by atoms with Crippen molar-refractivity contribution < 1.29 is 4.74 Å². The number of aromatic nitrogens is 2. The fraction of sp³-hybridized carbons (Fsp3) is 0.769. The molecule has 0 aliphatic carbocycles. The summed E-state index contributed by atoms with van der Waals surface area (Å²) in [4.78, 5) is 4.48. The van der Waals surface area contributed by atoms with Crippen LogP contribution in [0.3, 0.4) is 0 Å². The van der Waals surface area contributed by atoms with E-state index in [2.05, 4.69) is 28.7 Å². The summed E-state index contributed by atoms with van der Waals surface area (Å²) in [6.07, 6.45) is 6.20. The summed E-state index contributed by atoms with van der Waals surface area (Å²) < 4.78 is 8.00. The van der Waals surface area contributed by atoms with E-state index in [0.717, 1.165) is 31.8 Å². The molecule has 0 saturated heterocycles. The molecule has 17 heavy (non-hydrogen) atoms. The Balaban J connectivity index is 2.86. The highest BCUT2D eigenvalue weighted by atomic mass is 16.5. The lowest BCUT2D eigenvalue weighted by Gasteiger charge is -2.26. The van der Waals surface area contributed by atoms with E-state index in [1.807, 2.05) is 26.4 Å². The molecule has 4 nitrogen and oxygen atoms in total. The van der Waals surface area contributed by atoms with Crippen molar-refractivity contribution in [1.82, 2.24) is 14.9 Å². The molecule has 0 radical (unpaired) electrons. The van der Waals surface area contributed by atoms with Crippen molar-refractivity contribution in [1.29, 1.82) is 0 Å². The minimum absolute atomic E-state index is 0.168. The summed E-state index contributed by atoms with van der Waals surface area (Å²) in [5, 5.41) is 3.33. The van der Waals surface area contributed by atoms with E-state index in [1.54, 1.807) is 0 Å². The third-order valence-electron chi connectivity index (χ3n) is 2.96. The Bertz CT molecular complexity index is 311. The second-order valence-electron chi connectivity index (χ2n) is 4.15. The number of hydrogen-bond acceptors (Lipinski definition) is 3. The molecule has 98 valence electrons. The lowest BCUT2D eigenvalue weighted by molar-refractivity contribution is 0.0303. The molecule has 0 aliphatic rings. The molecule has 2 unspecified atom stereocenters. The number of aryl methyl sites for hydroxylation is 1. The predicted molar refractivity (Wildman–Crippen MR) is 70.0 cm³/mol. The van der Waals surface area contributed by atoms with Gasteiger partial charge < -0.3 is 14.6 Å². The summed E-state index contributed by atoms with van der Waals surface area (Å²) >= 11 is 0. The van der Waals surface area contributed by atoms with Crippen molar-refractivity contribution in [2.75, 3.05) is 13.7 Å². The Morgan fingerprint density at radius 1 is 1.41 bits per heavy atom. The van der Waals surface area contributed by atoms with E-state index in [1.165, 1.54) is 0 Å². The van der Waals surface area contributed by atoms with Gasteiger partial charge in [-0.2, -0.15) is 0 Å². The van der Waals surface area contributed by atoms with E-state index >= 15 is 0 Å². The summed E-state index contributed by atoms with van der Waals surface area (Å²) in [6.45, 7) is 8.12. The zero-order valence-corrected chi connectivity index (χ0v) is 11.4. The van der Waals surface area contributed by atoms with Gasteiger partial charge in [-0.05, 0) is 26.8 Å². The molecule has 1 N–H and O–H groups in total. The van der Waals surface area contributed by atoms with Crippen molar-refractivity contribution in [3.63, 3.8) is 0 Å². The fourth-order valence-corrected chi connectivity index (χ4v) is 2.17. The molecule has 1 aromatic heterocycles. The van der Waals surface area contributed by atoms with Crippen LogP contribution in [0.25, 0.3) is 0 Å². The van der Waals surface area contributed by atoms with E-state index in [0.29, 0.717) is 0 Å². The third-order valence-corrected chi connectivity index (χ3v) is 2.96. The van der Waals surface area contributed by atoms with Gasteiger partial charge >= 0.3 is 0 Å². The molecule has 0 aromatic carbocycles. The highest BCUT2D eigenvalue weighted by Gasteiger charge is 2.24. The van der Waals surface area contributed by atoms with Crippen molar-refractivity contribution in [2.45, 2.75) is 52.3 Å². The highest BCUT2D eigenvalue weighted by molar-refractivity contribution is 5.02. The maximum Gasteiger partial charge on any atom is 0.128 e. The number of nitrogens with one attached hydrogen (secondary N) is 1. The van der Waals surface area contributed by atoms with E-state index in [4.69, 9.17) is 4.74 Å². The van der Waals surface area contributed by atoms with Crippen LogP contribution in [0.5, 0.6) is 0 Å². The lowest BCUT2D eigenvalue weighted by Crippen LogP contribution is -2.33. The summed E-state index contributed by atoms with van der Waals surface area (Å²) in [5.41, 5.74) is 0. The SMILES string of the molecule is CCCn1ccnc1C(NC)C(CC)OCC. The maximum absolute atomic E-state index is 5.79. The summed E-state index contributed by atoms with van der Waals surface area (Å²) in [6, 6.07) is 0.168. The molecule has 4 heteroatoms. The molecule has 1 rings (SSSR count). The van der Waals surface area contributed by atoms with Crippen molar-refractivity contribution >= 4 is 0 Å². The van der Waals surface area contributed by atoms with Gasteiger partial charge in [-0.1, -0.05) is 13.8 Å². The monoisotopic (exact) mass is 239 g/mol. The zero-order valence-electron chi connectivity index (χ0n) is 11.4. The fourth-order valence-electron chi connectivity index (χ4n) is 2.17. The van der Waals surface area contributed by atoms with Gasteiger partial charge in [-0.15, -0.1) is 0 Å².